The molecular formula is C22H17N2O6-. The molecule has 152 valence electrons. The van der Waals surface area contributed by atoms with Crippen molar-refractivity contribution in [3.05, 3.63) is 66.2 Å². The van der Waals surface area contributed by atoms with Crippen molar-refractivity contribution in [3.63, 3.8) is 0 Å². The molecule has 8 heteroatoms. The number of carboxylic acid groups (broad SMARTS) is 1. The lowest BCUT2D eigenvalue weighted by Crippen LogP contribution is -2.42. The molecule has 3 aromatic carbocycles. The van der Waals surface area contributed by atoms with Gasteiger partial charge in [-0.1, -0.05) is 36.4 Å². The summed E-state index contributed by atoms with van der Waals surface area (Å²) in [5, 5.41) is 16.5. The number of ether oxygens (including phenoxy) is 3. The van der Waals surface area contributed by atoms with Crippen LogP contribution in [0.1, 0.15) is 5.56 Å². The normalized spacial score (nSPS) is 15.1. The van der Waals surface area contributed by atoms with E-state index in [2.05, 4.69) is 10.5 Å². The monoisotopic (exact) mass is 405 g/mol. The van der Waals surface area contributed by atoms with Crippen LogP contribution < -0.4 is 24.7 Å². The van der Waals surface area contributed by atoms with Gasteiger partial charge in [0, 0.05) is 5.56 Å². The molecule has 1 amide bonds. The van der Waals surface area contributed by atoms with Gasteiger partial charge in [0.2, 0.25) is 6.10 Å². The highest BCUT2D eigenvalue weighted by molar-refractivity contribution is 5.88. The predicted octanol–water partition coefficient (Wildman–Crippen LogP) is 1.26. The zero-order valence-corrected chi connectivity index (χ0v) is 15.7. The highest BCUT2D eigenvalue weighted by Gasteiger charge is 2.27. The van der Waals surface area contributed by atoms with Gasteiger partial charge in [0.05, 0.1) is 12.2 Å². The maximum absolute atomic E-state index is 12.4. The third kappa shape index (κ3) is 4.33. The molecule has 0 radical (unpaired) electrons. The van der Waals surface area contributed by atoms with E-state index in [0.717, 1.165) is 10.8 Å². The van der Waals surface area contributed by atoms with Gasteiger partial charge in [0.1, 0.15) is 19.0 Å². The average Bonchev–Trinajstić information content (AvgIpc) is 2.76. The molecule has 0 bridgehead atoms. The largest absolute Gasteiger partial charge is 0.546 e. The number of amides is 1. The third-order valence-corrected chi connectivity index (χ3v) is 4.41. The maximum atomic E-state index is 12.4. The van der Waals surface area contributed by atoms with Crippen LogP contribution in [0.4, 0.5) is 0 Å². The van der Waals surface area contributed by atoms with E-state index in [-0.39, 0.29) is 6.61 Å². The Morgan fingerprint density at radius 1 is 1.10 bits per heavy atom. The summed E-state index contributed by atoms with van der Waals surface area (Å²) in [6.07, 6.45) is 0.494. The Bertz CT molecular complexity index is 1130. The van der Waals surface area contributed by atoms with Gasteiger partial charge >= 0.3 is 0 Å². The molecule has 0 saturated heterocycles. The minimum Gasteiger partial charge on any atom is -0.546 e. The Kier molecular flexibility index (Phi) is 5.47. The van der Waals surface area contributed by atoms with Gasteiger partial charge in [-0.2, -0.15) is 5.10 Å². The first kappa shape index (κ1) is 19.3. The molecule has 1 aliphatic rings. The Morgan fingerprint density at radius 3 is 2.57 bits per heavy atom. The lowest BCUT2D eigenvalue weighted by atomic mass is 10.1. The van der Waals surface area contributed by atoms with Gasteiger partial charge < -0.3 is 24.1 Å². The van der Waals surface area contributed by atoms with Crippen molar-refractivity contribution in [2.24, 2.45) is 5.10 Å². The van der Waals surface area contributed by atoms with Crippen molar-refractivity contribution < 1.29 is 28.9 Å². The Balaban J connectivity index is 1.41. The molecule has 1 atom stereocenters. The third-order valence-electron chi connectivity index (χ3n) is 4.41. The highest BCUT2D eigenvalue weighted by Crippen LogP contribution is 2.35. The summed E-state index contributed by atoms with van der Waals surface area (Å²) in [7, 11) is 0. The SMILES string of the molecule is O=C([O-])COc1ccccc1/C=N\NC(=O)[C@@H]1COc2cc3ccccc3cc2O1. The van der Waals surface area contributed by atoms with E-state index >= 15 is 0 Å². The molecule has 4 rings (SSSR count). The van der Waals surface area contributed by atoms with Crippen molar-refractivity contribution in [2.45, 2.75) is 6.10 Å². The Morgan fingerprint density at radius 2 is 1.80 bits per heavy atom. The van der Waals surface area contributed by atoms with Crippen molar-refractivity contribution in [3.8, 4) is 17.2 Å². The summed E-state index contributed by atoms with van der Waals surface area (Å²) in [5.41, 5.74) is 2.90. The van der Waals surface area contributed by atoms with Crippen LogP contribution >= 0.6 is 0 Å². The lowest BCUT2D eigenvalue weighted by Gasteiger charge is -2.25. The van der Waals surface area contributed by atoms with Crippen LogP contribution in [0.5, 0.6) is 17.2 Å². The van der Waals surface area contributed by atoms with E-state index in [4.69, 9.17) is 14.2 Å². The molecule has 0 saturated carbocycles. The molecule has 1 N–H and O–H groups in total. The van der Waals surface area contributed by atoms with Crippen LogP contribution in [0, 0.1) is 0 Å². The van der Waals surface area contributed by atoms with Gasteiger partial charge in [0.25, 0.3) is 5.91 Å². The summed E-state index contributed by atoms with van der Waals surface area (Å²) >= 11 is 0. The fourth-order valence-electron chi connectivity index (χ4n) is 2.98. The molecule has 1 heterocycles. The van der Waals surface area contributed by atoms with Crippen molar-refractivity contribution in [1.29, 1.82) is 0 Å². The van der Waals surface area contributed by atoms with Gasteiger partial charge in [0.15, 0.2) is 11.5 Å². The molecule has 3 aromatic rings. The van der Waals surface area contributed by atoms with Gasteiger partial charge in [-0.3, -0.25) is 4.79 Å². The van der Waals surface area contributed by atoms with Gasteiger partial charge in [-0.15, -0.1) is 0 Å². The molecule has 0 fully saturated rings. The number of hydrogen-bond donors (Lipinski definition) is 1. The van der Waals surface area contributed by atoms with E-state index in [1.807, 2.05) is 36.4 Å². The number of benzene rings is 3. The number of hydrogen-bond acceptors (Lipinski definition) is 7. The van der Waals surface area contributed by atoms with Crippen molar-refractivity contribution >= 4 is 28.9 Å². The lowest BCUT2D eigenvalue weighted by molar-refractivity contribution is -0.307. The van der Waals surface area contributed by atoms with E-state index in [0.29, 0.717) is 22.8 Å². The first-order valence-corrected chi connectivity index (χ1v) is 9.17. The standard InChI is InChI=1S/C22H18N2O6/c25-21(26)13-29-17-8-4-3-7-16(17)11-23-24-22(27)20-12-28-18-9-14-5-1-2-6-15(14)10-19(18)30-20/h1-11,20H,12-13H2,(H,24,27)(H,25,26)/p-1/b23-11-/t20-/m0/s1. The summed E-state index contributed by atoms with van der Waals surface area (Å²) in [5.74, 6) is -0.432. The molecular weight excluding hydrogens is 388 g/mol. The highest BCUT2D eigenvalue weighted by atomic mass is 16.6. The van der Waals surface area contributed by atoms with Gasteiger partial charge in [-0.05, 0) is 35.0 Å². The van der Waals surface area contributed by atoms with E-state index in [1.54, 1.807) is 24.3 Å². The quantitative estimate of drug-likeness (QED) is 0.488. The number of para-hydroxylation sites is 1. The number of carbonyl (C=O) groups excluding carboxylic acids is 2. The second kappa shape index (κ2) is 8.52. The summed E-state index contributed by atoms with van der Waals surface area (Å²) in [6, 6.07) is 18.2. The van der Waals surface area contributed by atoms with Crippen LogP contribution in [0.2, 0.25) is 0 Å². The van der Waals surface area contributed by atoms with E-state index in [9.17, 15) is 14.7 Å². The molecule has 0 aliphatic carbocycles. The first-order chi connectivity index (χ1) is 14.6. The molecule has 0 aromatic heterocycles. The van der Waals surface area contributed by atoms with E-state index < -0.39 is 24.6 Å². The van der Waals surface area contributed by atoms with Crippen molar-refractivity contribution in [1.82, 2.24) is 5.43 Å². The Hall–Kier alpha value is -4.07. The van der Waals surface area contributed by atoms with Crippen LogP contribution in [0.25, 0.3) is 10.8 Å². The molecule has 1 aliphatic heterocycles. The molecule has 0 unspecified atom stereocenters. The molecule has 8 nitrogen and oxygen atoms in total. The molecule has 0 spiro atoms. The molecule has 30 heavy (non-hydrogen) atoms. The summed E-state index contributed by atoms with van der Waals surface area (Å²) < 4.78 is 16.6. The maximum Gasteiger partial charge on any atom is 0.284 e. The Labute approximate surface area is 171 Å². The van der Waals surface area contributed by atoms with E-state index in [1.165, 1.54) is 6.21 Å². The number of carboxylic acids is 1. The average molecular weight is 405 g/mol. The first-order valence-electron chi connectivity index (χ1n) is 9.17. The van der Waals surface area contributed by atoms with Gasteiger partial charge in [-0.25, -0.2) is 5.43 Å². The fourth-order valence-corrected chi connectivity index (χ4v) is 2.98. The van der Waals surface area contributed by atoms with Crippen LogP contribution in [-0.4, -0.2) is 37.4 Å². The van der Waals surface area contributed by atoms with Crippen LogP contribution in [0.15, 0.2) is 65.8 Å². The second-order valence-corrected chi connectivity index (χ2v) is 6.50. The minimum atomic E-state index is -1.34. The summed E-state index contributed by atoms with van der Waals surface area (Å²) in [6.45, 7) is -0.531. The second-order valence-electron chi connectivity index (χ2n) is 6.50. The number of fused-ring (bicyclic) bond motifs is 2. The number of carbonyl (C=O) groups is 2. The minimum absolute atomic E-state index is 0.0536. The van der Waals surface area contributed by atoms with Crippen LogP contribution in [-0.2, 0) is 9.59 Å². The topological polar surface area (TPSA) is 109 Å². The number of aliphatic carboxylic acids is 1. The number of nitrogens with zero attached hydrogens (tertiary/aromatic N) is 1. The number of nitrogens with one attached hydrogen (secondary N) is 1. The smallest absolute Gasteiger partial charge is 0.284 e. The zero-order valence-electron chi connectivity index (χ0n) is 15.7. The van der Waals surface area contributed by atoms with Crippen LogP contribution in [0.3, 0.4) is 0 Å². The fraction of sp³-hybridized carbons (Fsp3) is 0.136. The summed E-state index contributed by atoms with van der Waals surface area (Å²) in [4.78, 5) is 23.0. The van der Waals surface area contributed by atoms with Crippen molar-refractivity contribution in [2.75, 3.05) is 13.2 Å². The number of hydrazone groups is 1. The zero-order chi connectivity index (χ0) is 20.9. The number of rotatable bonds is 6. The predicted molar refractivity (Wildman–Crippen MR) is 107 cm³/mol.